The number of nitrogens with zero attached hydrogens (tertiary/aromatic N) is 1. The molecule has 0 aliphatic carbocycles. The average Bonchev–Trinajstić information content (AvgIpc) is 2.77. The van der Waals surface area contributed by atoms with Gasteiger partial charge in [-0.25, -0.2) is 13.8 Å². The minimum atomic E-state index is -0.920. The van der Waals surface area contributed by atoms with Crippen molar-refractivity contribution in [3.05, 3.63) is 41.9 Å². The number of rotatable bonds is 3. The number of nitrogens with one attached hydrogen (secondary N) is 1. The Labute approximate surface area is 110 Å². The SMILES string of the molecule is CC(C)(C)NCc1ncoc1-c1cccc(F)c1F. The number of aromatic nitrogens is 1. The van der Waals surface area contributed by atoms with Crippen LogP contribution in [-0.4, -0.2) is 10.5 Å². The number of benzene rings is 1. The lowest BCUT2D eigenvalue weighted by Gasteiger charge is -2.19. The molecule has 0 saturated heterocycles. The molecule has 0 amide bonds. The van der Waals surface area contributed by atoms with E-state index in [4.69, 9.17) is 4.42 Å². The summed E-state index contributed by atoms with van der Waals surface area (Å²) in [4.78, 5) is 4.05. The van der Waals surface area contributed by atoms with Crippen LogP contribution in [0.1, 0.15) is 26.5 Å². The maximum atomic E-state index is 13.7. The first-order chi connectivity index (χ1) is 8.88. The summed E-state index contributed by atoms with van der Waals surface area (Å²) in [6, 6.07) is 3.99. The minimum absolute atomic E-state index is 0.0863. The van der Waals surface area contributed by atoms with E-state index in [1.54, 1.807) is 0 Å². The van der Waals surface area contributed by atoms with Gasteiger partial charge in [0.05, 0.1) is 5.56 Å². The Morgan fingerprint density at radius 1 is 1.26 bits per heavy atom. The molecule has 1 N–H and O–H groups in total. The van der Waals surface area contributed by atoms with Crippen LogP contribution >= 0.6 is 0 Å². The second kappa shape index (κ2) is 5.09. The fraction of sp³-hybridized carbons (Fsp3) is 0.357. The summed E-state index contributed by atoms with van der Waals surface area (Å²) >= 11 is 0. The molecule has 0 unspecified atom stereocenters. The molecule has 0 bridgehead atoms. The Balaban J connectivity index is 2.31. The van der Waals surface area contributed by atoms with E-state index in [0.717, 1.165) is 6.07 Å². The highest BCUT2D eigenvalue weighted by Crippen LogP contribution is 2.27. The number of halogens is 2. The second-order valence-corrected chi connectivity index (χ2v) is 5.33. The van der Waals surface area contributed by atoms with E-state index in [2.05, 4.69) is 10.3 Å². The van der Waals surface area contributed by atoms with E-state index in [-0.39, 0.29) is 16.9 Å². The molecule has 1 aromatic heterocycles. The van der Waals surface area contributed by atoms with Crippen LogP contribution in [0, 0.1) is 11.6 Å². The van der Waals surface area contributed by atoms with Gasteiger partial charge in [0.2, 0.25) is 0 Å². The molecule has 0 radical (unpaired) electrons. The van der Waals surface area contributed by atoms with Gasteiger partial charge < -0.3 is 9.73 Å². The minimum Gasteiger partial charge on any atom is -0.443 e. The van der Waals surface area contributed by atoms with Crippen molar-refractivity contribution in [1.29, 1.82) is 0 Å². The Kier molecular flexibility index (Phi) is 3.66. The highest BCUT2D eigenvalue weighted by molar-refractivity contribution is 5.60. The summed E-state index contributed by atoms with van der Waals surface area (Å²) < 4.78 is 32.2. The zero-order valence-electron chi connectivity index (χ0n) is 11.1. The van der Waals surface area contributed by atoms with Crippen molar-refractivity contribution in [3.63, 3.8) is 0 Å². The molecule has 0 aliphatic heterocycles. The molecule has 0 spiro atoms. The summed E-state index contributed by atoms with van der Waals surface area (Å²) in [5, 5.41) is 3.23. The molecule has 0 atom stereocenters. The Bertz CT molecular complexity index is 573. The Hall–Kier alpha value is -1.75. The molecule has 0 fully saturated rings. The van der Waals surface area contributed by atoms with Crippen LogP contribution in [0.4, 0.5) is 8.78 Å². The molecular weight excluding hydrogens is 250 g/mol. The van der Waals surface area contributed by atoms with E-state index >= 15 is 0 Å². The monoisotopic (exact) mass is 266 g/mol. The normalized spacial score (nSPS) is 11.8. The van der Waals surface area contributed by atoms with Gasteiger partial charge in [-0.05, 0) is 32.9 Å². The highest BCUT2D eigenvalue weighted by Gasteiger charge is 2.18. The predicted octanol–water partition coefficient (Wildman–Crippen LogP) is 3.51. The van der Waals surface area contributed by atoms with Crippen LogP contribution in [0.15, 0.2) is 29.0 Å². The number of hydrogen-bond acceptors (Lipinski definition) is 3. The zero-order chi connectivity index (χ0) is 14.0. The van der Waals surface area contributed by atoms with Crippen molar-refractivity contribution < 1.29 is 13.2 Å². The van der Waals surface area contributed by atoms with Crippen LogP contribution < -0.4 is 5.32 Å². The molecule has 3 nitrogen and oxygen atoms in total. The van der Waals surface area contributed by atoms with Gasteiger partial charge in [0.1, 0.15) is 5.69 Å². The Morgan fingerprint density at radius 2 is 2.00 bits per heavy atom. The van der Waals surface area contributed by atoms with Gasteiger partial charge in [-0.15, -0.1) is 0 Å². The summed E-state index contributed by atoms with van der Waals surface area (Å²) in [5.41, 5.74) is 0.541. The van der Waals surface area contributed by atoms with Crippen LogP contribution in [0.5, 0.6) is 0 Å². The average molecular weight is 266 g/mol. The molecule has 1 heterocycles. The molecule has 2 aromatic rings. The third kappa shape index (κ3) is 3.17. The number of hydrogen-bond donors (Lipinski definition) is 1. The van der Waals surface area contributed by atoms with Crippen LogP contribution in [0.25, 0.3) is 11.3 Å². The summed E-state index contributed by atoms with van der Waals surface area (Å²) in [7, 11) is 0. The lowest BCUT2D eigenvalue weighted by molar-refractivity contribution is 0.421. The first-order valence-electron chi connectivity index (χ1n) is 6.00. The fourth-order valence-corrected chi connectivity index (χ4v) is 1.64. The third-order valence-corrected chi connectivity index (χ3v) is 2.62. The molecule has 19 heavy (non-hydrogen) atoms. The molecular formula is C14H16F2N2O. The van der Waals surface area contributed by atoms with Crippen LogP contribution in [0.2, 0.25) is 0 Å². The maximum absolute atomic E-state index is 13.7. The van der Waals surface area contributed by atoms with Crippen molar-refractivity contribution >= 4 is 0 Å². The number of oxazole rings is 1. The van der Waals surface area contributed by atoms with Gasteiger partial charge in [-0.1, -0.05) is 6.07 Å². The van der Waals surface area contributed by atoms with Crippen LogP contribution in [-0.2, 0) is 6.54 Å². The molecule has 0 saturated carbocycles. The summed E-state index contributed by atoms with van der Waals surface area (Å²) in [6.07, 6.45) is 1.24. The first kappa shape index (κ1) is 13.7. The largest absolute Gasteiger partial charge is 0.443 e. The molecule has 0 aliphatic rings. The highest BCUT2D eigenvalue weighted by atomic mass is 19.2. The third-order valence-electron chi connectivity index (χ3n) is 2.62. The van der Waals surface area contributed by atoms with Gasteiger partial charge in [0.25, 0.3) is 0 Å². The van der Waals surface area contributed by atoms with Crippen molar-refractivity contribution in [2.24, 2.45) is 0 Å². The summed E-state index contributed by atoms with van der Waals surface area (Å²) in [6.45, 7) is 6.45. The topological polar surface area (TPSA) is 38.1 Å². The van der Waals surface area contributed by atoms with Gasteiger partial charge in [0.15, 0.2) is 23.8 Å². The molecule has 5 heteroatoms. The predicted molar refractivity (Wildman–Crippen MR) is 68.4 cm³/mol. The maximum Gasteiger partial charge on any atom is 0.181 e. The van der Waals surface area contributed by atoms with Crippen molar-refractivity contribution in [3.8, 4) is 11.3 Å². The van der Waals surface area contributed by atoms with Crippen molar-refractivity contribution in [2.45, 2.75) is 32.9 Å². The van der Waals surface area contributed by atoms with Gasteiger partial charge in [-0.2, -0.15) is 0 Å². The lowest BCUT2D eigenvalue weighted by atomic mass is 10.1. The fourth-order valence-electron chi connectivity index (χ4n) is 1.64. The quantitative estimate of drug-likeness (QED) is 0.923. The van der Waals surface area contributed by atoms with E-state index in [9.17, 15) is 8.78 Å². The Morgan fingerprint density at radius 3 is 2.68 bits per heavy atom. The molecule has 102 valence electrons. The van der Waals surface area contributed by atoms with Crippen molar-refractivity contribution in [1.82, 2.24) is 10.3 Å². The van der Waals surface area contributed by atoms with Gasteiger partial charge in [-0.3, -0.25) is 0 Å². The van der Waals surface area contributed by atoms with Crippen LogP contribution in [0.3, 0.4) is 0 Å². The van der Waals surface area contributed by atoms with Crippen molar-refractivity contribution in [2.75, 3.05) is 0 Å². The van der Waals surface area contributed by atoms with E-state index < -0.39 is 11.6 Å². The van der Waals surface area contributed by atoms with E-state index in [1.165, 1.54) is 18.5 Å². The van der Waals surface area contributed by atoms with Gasteiger partial charge >= 0.3 is 0 Å². The lowest BCUT2D eigenvalue weighted by Crippen LogP contribution is -2.35. The smallest absolute Gasteiger partial charge is 0.181 e. The summed E-state index contributed by atoms with van der Waals surface area (Å²) in [5.74, 6) is -1.56. The molecule has 2 rings (SSSR count). The standard InChI is InChI=1S/C14H16F2N2O/c1-14(2,3)18-7-11-13(19-8-17-11)9-5-4-6-10(15)12(9)16/h4-6,8,18H,7H2,1-3H3. The second-order valence-electron chi connectivity index (χ2n) is 5.33. The van der Waals surface area contributed by atoms with E-state index in [1.807, 2.05) is 20.8 Å². The van der Waals surface area contributed by atoms with Gasteiger partial charge in [0, 0.05) is 12.1 Å². The first-order valence-corrected chi connectivity index (χ1v) is 6.00. The zero-order valence-corrected chi connectivity index (χ0v) is 11.1. The molecule has 1 aromatic carbocycles. The van der Waals surface area contributed by atoms with E-state index in [0.29, 0.717) is 12.2 Å².